The molecule has 2 amide bonds. The molecule has 0 radical (unpaired) electrons. The summed E-state index contributed by atoms with van der Waals surface area (Å²) in [7, 11) is 0. The molecule has 1 aliphatic rings. The number of para-hydroxylation sites is 1. The molecular formula is C14H17BrN2O4. The molecule has 0 saturated carbocycles. The highest BCUT2D eigenvalue weighted by Gasteiger charge is 2.28. The van der Waals surface area contributed by atoms with E-state index in [0.29, 0.717) is 11.4 Å². The average molecular weight is 357 g/mol. The van der Waals surface area contributed by atoms with Crippen LogP contribution >= 0.6 is 15.9 Å². The SMILES string of the molecule is CC(C)(C)OC(=O)N[C@H]1COc2c(Br)cccc2NC1=O. The molecule has 0 unspecified atom stereocenters. The molecule has 1 atom stereocenters. The van der Waals surface area contributed by atoms with Gasteiger partial charge in [-0.05, 0) is 48.8 Å². The first-order valence-electron chi connectivity index (χ1n) is 6.48. The Morgan fingerprint density at radius 3 is 2.86 bits per heavy atom. The van der Waals surface area contributed by atoms with Gasteiger partial charge in [0.05, 0.1) is 10.2 Å². The van der Waals surface area contributed by atoms with Crippen molar-refractivity contribution in [1.82, 2.24) is 5.32 Å². The highest BCUT2D eigenvalue weighted by Crippen LogP contribution is 2.34. The Balaban J connectivity index is 2.07. The third kappa shape index (κ3) is 4.10. The third-order valence-electron chi connectivity index (χ3n) is 2.63. The van der Waals surface area contributed by atoms with Crippen LogP contribution in [0.4, 0.5) is 10.5 Å². The second-order valence-corrected chi connectivity index (χ2v) is 6.47. The van der Waals surface area contributed by atoms with Crippen LogP contribution in [-0.4, -0.2) is 30.3 Å². The fourth-order valence-electron chi connectivity index (χ4n) is 1.77. The summed E-state index contributed by atoms with van der Waals surface area (Å²) in [6, 6.07) is 4.51. The van der Waals surface area contributed by atoms with Crippen molar-refractivity contribution >= 4 is 33.6 Å². The van der Waals surface area contributed by atoms with Crippen LogP contribution in [0.1, 0.15) is 20.8 Å². The molecule has 0 aromatic heterocycles. The number of fused-ring (bicyclic) bond motifs is 1. The van der Waals surface area contributed by atoms with Gasteiger partial charge in [-0.15, -0.1) is 0 Å². The van der Waals surface area contributed by atoms with E-state index in [9.17, 15) is 9.59 Å². The number of carbonyl (C=O) groups is 2. The molecule has 2 rings (SSSR count). The number of anilines is 1. The maximum absolute atomic E-state index is 12.1. The fourth-order valence-corrected chi connectivity index (χ4v) is 2.25. The van der Waals surface area contributed by atoms with Crippen molar-refractivity contribution in [3.63, 3.8) is 0 Å². The number of carbonyl (C=O) groups excluding carboxylic acids is 2. The highest BCUT2D eigenvalue weighted by molar-refractivity contribution is 9.10. The van der Waals surface area contributed by atoms with E-state index in [1.54, 1.807) is 32.9 Å². The lowest BCUT2D eigenvalue weighted by Crippen LogP contribution is -2.48. The topological polar surface area (TPSA) is 76.7 Å². The number of amides is 2. The molecule has 0 fully saturated rings. The molecule has 6 nitrogen and oxygen atoms in total. The van der Waals surface area contributed by atoms with Crippen LogP contribution in [0.2, 0.25) is 0 Å². The molecular weight excluding hydrogens is 340 g/mol. The van der Waals surface area contributed by atoms with Crippen LogP contribution in [0.3, 0.4) is 0 Å². The molecule has 0 aliphatic carbocycles. The predicted octanol–water partition coefficient (Wildman–Crippen LogP) is 2.67. The summed E-state index contributed by atoms with van der Waals surface area (Å²) in [6.45, 7) is 5.29. The highest BCUT2D eigenvalue weighted by atomic mass is 79.9. The van der Waals surface area contributed by atoms with Gasteiger partial charge in [0.15, 0.2) is 5.75 Å². The van der Waals surface area contributed by atoms with Gasteiger partial charge in [0.25, 0.3) is 5.91 Å². The quantitative estimate of drug-likeness (QED) is 0.810. The number of halogens is 1. The number of rotatable bonds is 1. The molecule has 1 aromatic carbocycles. The Kier molecular flexibility index (Phi) is 4.41. The molecule has 2 N–H and O–H groups in total. The van der Waals surface area contributed by atoms with Gasteiger partial charge in [0.2, 0.25) is 0 Å². The van der Waals surface area contributed by atoms with Crippen molar-refractivity contribution < 1.29 is 19.1 Å². The van der Waals surface area contributed by atoms with Gasteiger partial charge in [-0.1, -0.05) is 6.07 Å². The van der Waals surface area contributed by atoms with Crippen LogP contribution in [-0.2, 0) is 9.53 Å². The molecule has 0 bridgehead atoms. The molecule has 0 spiro atoms. The summed E-state index contributed by atoms with van der Waals surface area (Å²) in [6.07, 6.45) is -0.656. The number of hydrogen-bond acceptors (Lipinski definition) is 4. The van der Waals surface area contributed by atoms with Crippen molar-refractivity contribution in [2.24, 2.45) is 0 Å². The monoisotopic (exact) mass is 356 g/mol. The number of hydrogen-bond donors (Lipinski definition) is 2. The summed E-state index contributed by atoms with van der Waals surface area (Å²) in [5.41, 5.74) is -0.0686. The van der Waals surface area contributed by atoms with Crippen LogP contribution in [0.15, 0.2) is 22.7 Å². The number of ether oxygens (including phenoxy) is 2. The first-order chi connectivity index (χ1) is 9.76. The van der Waals surface area contributed by atoms with E-state index in [1.807, 2.05) is 6.07 Å². The van der Waals surface area contributed by atoms with Crippen molar-refractivity contribution in [2.75, 3.05) is 11.9 Å². The minimum absolute atomic E-state index is 0.0285. The minimum atomic E-state index is -0.820. The summed E-state index contributed by atoms with van der Waals surface area (Å²) >= 11 is 3.36. The van der Waals surface area contributed by atoms with E-state index in [4.69, 9.17) is 9.47 Å². The van der Waals surface area contributed by atoms with E-state index in [1.165, 1.54) is 0 Å². The Morgan fingerprint density at radius 2 is 2.19 bits per heavy atom. The number of nitrogens with one attached hydrogen (secondary N) is 2. The maximum Gasteiger partial charge on any atom is 0.408 e. The minimum Gasteiger partial charge on any atom is -0.488 e. The van der Waals surface area contributed by atoms with E-state index >= 15 is 0 Å². The van der Waals surface area contributed by atoms with Gasteiger partial charge in [-0.2, -0.15) is 0 Å². The second-order valence-electron chi connectivity index (χ2n) is 5.62. The summed E-state index contributed by atoms with van der Waals surface area (Å²) in [5.74, 6) is 0.192. The van der Waals surface area contributed by atoms with Gasteiger partial charge >= 0.3 is 6.09 Å². The van der Waals surface area contributed by atoms with Crippen LogP contribution in [0, 0.1) is 0 Å². The maximum atomic E-state index is 12.1. The average Bonchev–Trinajstić information content (AvgIpc) is 2.48. The van der Waals surface area contributed by atoms with Crippen molar-refractivity contribution in [3.05, 3.63) is 22.7 Å². The Morgan fingerprint density at radius 1 is 1.48 bits per heavy atom. The van der Waals surface area contributed by atoms with Gasteiger partial charge in [0.1, 0.15) is 18.2 Å². The lowest BCUT2D eigenvalue weighted by atomic mass is 10.2. The zero-order chi connectivity index (χ0) is 15.6. The van der Waals surface area contributed by atoms with E-state index in [0.717, 1.165) is 4.47 Å². The van der Waals surface area contributed by atoms with E-state index < -0.39 is 17.7 Å². The van der Waals surface area contributed by atoms with Gasteiger partial charge < -0.3 is 20.1 Å². The molecule has 1 aliphatic heterocycles. The molecule has 1 aromatic rings. The van der Waals surface area contributed by atoms with Crippen LogP contribution in [0.5, 0.6) is 5.75 Å². The summed E-state index contributed by atoms with van der Waals surface area (Å²) in [5, 5.41) is 5.22. The standard InChI is InChI=1S/C14H17BrN2O4/c1-14(2,3)21-13(19)17-10-7-20-11-8(15)5-4-6-9(11)16-12(10)18/h4-6,10H,7H2,1-3H3,(H,16,18)(H,17,19)/t10-/m0/s1. The lowest BCUT2D eigenvalue weighted by molar-refractivity contribution is -0.118. The fraction of sp³-hybridized carbons (Fsp3) is 0.429. The van der Waals surface area contributed by atoms with Crippen LogP contribution < -0.4 is 15.4 Å². The molecule has 21 heavy (non-hydrogen) atoms. The van der Waals surface area contributed by atoms with E-state index in [2.05, 4.69) is 26.6 Å². The molecule has 7 heteroatoms. The third-order valence-corrected chi connectivity index (χ3v) is 3.25. The molecule has 114 valence electrons. The van der Waals surface area contributed by atoms with Crippen molar-refractivity contribution in [2.45, 2.75) is 32.4 Å². The zero-order valence-corrected chi connectivity index (χ0v) is 13.6. The Labute approximate surface area is 131 Å². The first-order valence-corrected chi connectivity index (χ1v) is 7.27. The normalized spacial score (nSPS) is 17.9. The summed E-state index contributed by atoms with van der Waals surface area (Å²) in [4.78, 5) is 23.9. The molecule has 0 saturated heterocycles. The van der Waals surface area contributed by atoms with Crippen molar-refractivity contribution in [3.8, 4) is 5.75 Å². The van der Waals surface area contributed by atoms with Gasteiger partial charge in [-0.25, -0.2) is 4.79 Å². The first kappa shape index (κ1) is 15.6. The second kappa shape index (κ2) is 5.93. The van der Waals surface area contributed by atoms with Gasteiger partial charge in [-0.3, -0.25) is 4.79 Å². The lowest BCUT2D eigenvalue weighted by Gasteiger charge is -2.22. The van der Waals surface area contributed by atoms with E-state index in [-0.39, 0.29) is 12.5 Å². The number of benzene rings is 1. The van der Waals surface area contributed by atoms with Gasteiger partial charge in [0, 0.05) is 0 Å². The molecule has 1 heterocycles. The number of alkyl carbamates (subject to hydrolysis) is 1. The largest absolute Gasteiger partial charge is 0.488 e. The van der Waals surface area contributed by atoms with Crippen LogP contribution in [0.25, 0.3) is 0 Å². The van der Waals surface area contributed by atoms with Crippen molar-refractivity contribution in [1.29, 1.82) is 0 Å². The summed E-state index contributed by atoms with van der Waals surface area (Å²) < 4.78 is 11.5. The smallest absolute Gasteiger partial charge is 0.408 e. The zero-order valence-electron chi connectivity index (χ0n) is 12.0. The Hall–Kier alpha value is -1.76. The Bertz CT molecular complexity index is 569. The predicted molar refractivity (Wildman–Crippen MR) is 81.4 cm³/mol.